The van der Waals surface area contributed by atoms with Gasteiger partial charge in [-0.1, -0.05) is 24.3 Å². The number of furan rings is 1. The second-order valence-corrected chi connectivity index (χ2v) is 3.49. The van der Waals surface area contributed by atoms with E-state index < -0.39 is 0 Å². The molecule has 0 aliphatic rings. The first-order valence-electron chi connectivity index (χ1n) is 4.98. The molecule has 0 spiro atoms. The van der Waals surface area contributed by atoms with Crippen molar-refractivity contribution < 1.29 is 9.52 Å². The van der Waals surface area contributed by atoms with E-state index in [1.165, 1.54) is 0 Å². The lowest BCUT2D eigenvalue weighted by atomic mass is 10.1. The van der Waals surface area contributed by atoms with Gasteiger partial charge in [0.15, 0.2) is 0 Å². The van der Waals surface area contributed by atoms with Crippen molar-refractivity contribution in [1.29, 1.82) is 0 Å². The first-order valence-corrected chi connectivity index (χ1v) is 4.98. The summed E-state index contributed by atoms with van der Waals surface area (Å²) in [4.78, 5) is 4.21. The summed E-state index contributed by atoms with van der Waals surface area (Å²) in [5, 5.41) is 10.7. The quantitative estimate of drug-likeness (QED) is 0.672. The number of para-hydroxylation sites is 1. The molecule has 0 saturated carbocycles. The molecule has 1 N–H and O–H groups in total. The summed E-state index contributed by atoms with van der Waals surface area (Å²) < 4.78 is 5.27. The smallest absolute Gasteiger partial charge is 0.292 e. The van der Waals surface area contributed by atoms with Crippen LogP contribution in [-0.2, 0) is 0 Å². The van der Waals surface area contributed by atoms with Crippen LogP contribution in [0.4, 0.5) is 0 Å². The molecule has 0 bridgehead atoms. The van der Waals surface area contributed by atoms with Crippen LogP contribution >= 0.6 is 0 Å². The fourth-order valence-corrected chi connectivity index (χ4v) is 1.79. The van der Waals surface area contributed by atoms with Crippen LogP contribution in [0.15, 0.2) is 53.1 Å². The Hall–Kier alpha value is -2.29. The lowest BCUT2D eigenvalue weighted by Crippen LogP contribution is -1.80. The first-order chi connectivity index (χ1) is 7.86. The molecular weight excluding hydrogens is 202 g/mol. The molecule has 1 aromatic carbocycles. The first kappa shape index (κ1) is 8.97. The van der Waals surface area contributed by atoms with Crippen LogP contribution in [0.5, 0.6) is 5.95 Å². The monoisotopic (exact) mass is 211 g/mol. The van der Waals surface area contributed by atoms with Gasteiger partial charge in [-0.2, -0.15) is 0 Å². The molecular formula is C13H9NO2. The highest BCUT2D eigenvalue weighted by molar-refractivity contribution is 5.95. The Kier molecular flexibility index (Phi) is 1.90. The van der Waals surface area contributed by atoms with Gasteiger partial charge < -0.3 is 9.52 Å². The summed E-state index contributed by atoms with van der Waals surface area (Å²) >= 11 is 0. The molecule has 0 unspecified atom stereocenters. The number of nitrogens with zero attached hydrogens (tertiary/aromatic N) is 1. The summed E-state index contributed by atoms with van der Waals surface area (Å²) in [6, 6.07) is 13.1. The summed E-state index contributed by atoms with van der Waals surface area (Å²) in [5.74, 6) is -0.0834. The predicted molar refractivity (Wildman–Crippen MR) is 61.1 cm³/mol. The standard InChI is InChI=1S/C13H9NO2/c15-13-12(10-6-3-4-8-14-10)9-5-1-2-7-11(9)16-13/h1-8,15H. The summed E-state index contributed by atoms with van der Waals surface area (Å²) in [7, 11) is 0. The number of aromatic nitrogens is 1. The van der Waals surface area contributed by atoms with Gasteiger partial charge in [0.2, 0.25) is 0 Å². The molecule has 0 radical (unpaired) electrons. The van der Waals surface area contributed by atoms with Gasteiger partial charge in [0.25, 0.3) is 5.95 Å². The van der Waals surface area contributed by atoms with Crippen molar-refractivity contribution >= 4 is 11.0 Å². The number of aromatic hydroxyl groups is 1. The molecule has 16 heavy (non-hydrogen) atoms. The summed E-state index contributed by atoms with van der Waals surface area (Å²) in [5.41, 5.74) is 2.03. The van der Waals surface area contributed by atoms with Crippen LogP contribution in [0, 0.1) is 0 Å². The van der Waals surface area contributed by atoms with Gasteiger partial charge in [-0.25, -0.2) is 0 Å². The molecule has 3 aromatic rings. The van der Waals surface area contributed by atoms with E-state index in [1.807, 2.05) is 42.5 Å². The highest BCUT2D eigenvalue weighted by Gasteiger charge is 2.15. The zero-order valence-electron chi connectivity index (χ0n) is 8.42. The zero-order valence-corrected chi connectivity index (χ0v) is 8.42. The number of fused-ring (bicyclic) bond motifs is 1. The van der Waals surface area contributed by atoms with Crippen LogP contribution in [0.3, 0.4) is 0 Å². The fourth-order valence-electron chi connectivity index (χ4n) is 1.79. The third-order valence-corrected chi connectivity index (χ3v) is 2.50. The van der Waals surface area contributed by atoms with Gasteiger partial charge in [-0.15, -0.1) is 0 Å². The Morgan fingerprint density at radius 2 is 1.81 bits per heavy atom. The van der Waals surface area contributed by atoms with Crippen molar-refractivity contribution in [3.63, 3.8) is 0 Å². The van der Waals surface area contributed by atoms with E-state index in [9.17, 15) is 5.11 Å². The molecule has 3 nitrogen and oxygen atoms in total. The second kappa shape index (κ2) is 3.38. The third kappa shape index (κ3) is 1.26. The van der Waals surface area contributed by atoms with Crippen LogP contribution < -0.4 is 0 Å². The Morgan fingerprint density at radius 3 is 2.62 bits per heavy atom. The molecule has 2 aromatic heterocycles. The van der Waals surface area contributed by atoms with E-state index in [0.29, 0.717) is 16.8 Å². The minimum absolute atomic E-state index is 0.0834. The maximum Gasteiger partial charge on any atom is 0.292 e. The van der Waals surface area contributed by atoms with Crippen LogP contribution in [0.1, 0.15) is 0 Å². The summed E-state index contributed by atoms with van der Waals surface area (Å²) in [6.07, 6.45) is 1.69. The number of benzene rings is 1. The molecule has 0 atom stereocenters. The predicted octanol–water partition coefficient (Wildman–Crippen LogP) is 3.20. The van der Waals surface area contributed by atoms with Crippen molar-refractivity contribution in [3.8, 4) is 17.2 Å². The number of pyridine rings is 1. The Bertz CT molecular complexity index is 629. The fraction of sp³-hybridized carbons (Fsp3) is 0. The highest BCUT2D eigenvalue weighted by Crippen LogP contribution is 2.37. The Balaban J connectivity index is 2.35. The van der Waals surface area contributed by atoms with Crippen LogP contribution in [-0.4, -0.2) is 10.1 Å². The van der Waals surface area contributed by atoms with Crippen molar-refractivity contribution in [1.82, 2.24) is 4.98 Å². The Labute approximate surface area is 92.0 Å². The van der Waals surface area contributed by atoms with E-state index in [1.54, 1.807) is 6.20 Å². The molecule has 78 valence electrons. The van der Waals surface area contributed by atoms with Crippen LogP contribution in [0.25, 0.3) is 22.2 Å². The molecule has 2 heterocycles. The second-order valence-electron chi connectivity index (χ2n) is 3.49. The average molecular weight is 211 g/mol. The number of hydrogen-bond acceptors (Lipinski definition) is 3. The highest BCUT2D eigenvalue weighted by atomic mass is 16.5. The molecule has 0 saturated heterocycles. The maximum absolute atomic E-state index is 9.78. The van der Waals surface area contributed by atoms with Crippen molar-refractivity contribution in [2.24, 2.45) is 0 Å². The zero-order chi connectivity index (χ0) is 11.0. The molecule has 0 amide bonds. The lowest BCUT2D eigenvalue weighted by molar-refractivity contribution is 0.348. The maximum atomic E-state index is 9.78. The minimum Gasteiger partial charge on any atom is -0.480 e. The number of rotatable bonds is 1. The lowest BCUT2D eigenvalue weighted by Gasteiger charge is -1.96. The number of hydrogen-bond donors (Lipinski definition) is 1. The van der Waals surface area contributed by atoms with Crippen molar-refractivity contribution in [2.75, 3.05) is 0 Å². The molecule has 3 heteroatoms. The van der Waals surface area contributed by atoms with Gasteiger partial charge in [0, 0.05) is 11.6 Å². The van der Waals surface area contributed by atoms with E-state index in [-0.39, 0.29) is 5.95 Å². The van der Waals surface area contributed by atoms with E-state index in [0.717, 1.165) is 5.39 Å². The minimum atomic E-state index is -0.0834. The average Bonchev–Trinajstić information content (AvgIpc) is 2.66. The van der Waals surface area contributed by atoms with Crippen molar-refractivity contribution in [3.05, 3.63) is 48.7 Å². The third-order valence-electron chi connectivity index (χ3n) is 2.50. The van der Waals surface area contributed by atoms with Gasteiger partial charge >= 0.3 is 0 Å². The topological polar surface area (TPSA) is 46.3 Å². The molecule has 0 aliphatic carbocycles. The Morgan fingerprint density at radius 1 is 1.00 bits per heavy atom. The molecule has 3 rings (SSSR count). The van der Waals surface area contributed by atoms with Crippen LogP contribution in [0.2, 0.25) is 0 Å². The van der Waals surface area contributed by atoms with Gasteiger partial charge in [0.05, 0.1) is 11.3 Å². The van der Waals surface area contributed by atoms with Gasteiger partial charge in [0.1, 0.15) is 5.58 Å². The van der Waals surface area contributed by atoms with Gasteiger partial charge in [-0.05, 0) is 18.2 Å². The summed E-state index contributed by atoms with van der Waals surface area (Å²) in [6.45, 7) is 0. The SMILES string of the molecule is Oc1oc2ccccc2c1-c1ccccn1. The van der Waals surface area contributed by atoms with Gasteiger partial charge in [-0.3, -0.25) is 4.98 Å². The molecule has 0 fully saturated rings. The van der Waals surface area contributed by atoms with Crippen molar-refractivity contribution in [2.45, 2.75) is 0 Å². The van der Waals surface area contributed by atoms with E-state index in [2.05, 4.69) is 4.98 Å². The molecule has 0 aliphatic heterocycles. The normalized spacial score (nSPS) is 10.8. The van der Waals surface area contributed by atoms with E-state index in [4.69, 9.17) is 4.42 Å². The largest absolute Gasteiger partial charge is 0.480 e. The van der Waals surface area contributed by atoms with E-state index >= 15 is 0 Å².